The average Bonchev–Trinajstić information content (AvgIpc) is 2.78. The average molecular weight is 474 g/mol. The number of rotatable bonds is 6. The minimum absolute atomic E-state index is 0.0377. The number of alkyl halides is 6. The Kier molecular flexibility index (Phi) is 7.38. The lowest BCUT2D eigenvalue weighted by Crippen LogP contribution is -2.52. The standard InChI is InChI=1S/C23H24F6N2O2/c1-15(16-10-18(22(24,25)26)12-19(11-16)23(27,28)29)33-14-21(17-6-4-3-5-7-17)9-8-20(13-30-21)31-32-2/h3-7,10-12,15,30H,8-9,13-14H2,1-2H3/b31-20-/t15-,21-/m1/s1. The van der Waals surface area contributed by atoms with Gasteiger partial charge in [-0.1, -0.05) is 35.5 Å². The molecule has 2 aromatic carbocycles. The number of nitrogens with zero attached hydrogens (tertiary/aromatic N) is 1. The van der Waals surface area contributed by atoms with Crippen LogP contribution < -0.4 is 5.32 Å². The van der Waals surface area contributed by atoms with Crippen molar-refractivity contribution in [2.45, 2.75) is 43.8 Å². The first-order valence-electron chi connectivity index (χ1n) is 10.2. The van der Waals surface area contributed by atoms with Gasteiger partial charge in [0.05, 0.1) is 35.1 Å². The number of benzene rings is 2. The fourth-order valence-corrected chi connectivity index (χ4v) is 3.80. The summed E-state index contributed by atoms with van der Waals surface area (Å²) in [4.78, 5) is 4.82. The summed E-state index contributed by atoms with van der Waals surface area (Å²) in [5, 5.41) is 7.32. The number of ether oxygens (including phenoxy) is 1. The molecule has 0 unspecified atom stereocenters. The van der Waals surface area contributed by atoms with E-state index in [0.717, 1.165) is 11.3 Å². The molecule has 0 bridgehead atoms. The summed E-state index contributed by atoms with van der Waals surface area (Å²) in [7, 11) is 1.45. The van der Waals surface area contributed by atoms with Crippen LogP contribution in [0.2, 0.25) is 0 Å². The summed E-state index contributed by atoms with van der Waals surface area (Å²) in [6, 6.07) is 10.9. The predicted molar refractivity (Wildman–Crippen MR) is 111 cm³/mol. The first-order valence-corrected chi connectivity index (χ1v) is 10.2. The number of oxime groups is 1. The van der Waals surface area contributed by atoms with Gasteiger partial charge in [-0.05, 0) is 49.1 Å². The number of hydrogen-bond donors (Lipinski definition) is 1. The van der Waals surface area contributed by atoms with E-state index in [1.165, 1.54) is 14.0 Å². The van der Waals surface area contributed by atoms with E-state index in [1.807, 2.05) is 30.3 Å². The Hall–Kier alpha value is -2.59. The molecule has 4 nitrogen and oxygen atoms in total. The van der Waals surface area contributed by atoms with Crippen molar-refractivity contribution in [3.8, 4) is 0 Å². The Labute approximate surface area is 187 Å². The molecule has 0 aliphatic carbocycles. The van der Waals surface area contributed by atoms with Crippen LogP contribution in [0.1, 0.15) is 48.1 Å². The second kappa shape index (κ2) is 9.72. The molecule has 0 saturated carbocycles. The minimum Gasteiger partial charge on any atom is -0.399 e. The third-order valence-corrected chi connectivity index (χ3v) is 5.68. The highest BCUT2D eigenvalue weighted by Crippen LogP contribution is 2.38. The first kappa shape index (κ1) is 25.0. The lowest BCUT2D eigenvalue weighted by molar-refractivity contribution is -0.143. The predicted octanol–water partition coefficient (Wildman–Crippen LogP) is 6.08. The summed E-state index contributed by atoms with van der Waals surface area (Å²) in [5.74, 6) is 0. The highest BCUT2D eigenvalue weighted by atomic mass is 19.4. The van der Waals surface area contributed by atoms with Crippen LogP contribution in [0, 0.1) is 0 Å². The normalized spacial score (nSPS) is 21.8. The minimum atomic E-state index is -4.91. The number of hydrogen-bond acceptors (Lipinski definition) is 4. The Morgan fingerprint density at radius 3 is 2.09 bits per heavy atom. The van der Waals surface area contributed by atoms with Crippen LogP contribution in [0.3, 0.4) is 0 Å². The van der Waals surface area contributed by atoms with E-state index in [0.29, 0.717) is 31.5 Å². The third kappa shape index (κ3) is 6.05. The van der Waals surface area contributed by atoms with E-state index in [-0.39, 0.29) is 18.2 Å². The second-order valence-electron chi connectivity index (χ2n) is 7.93. The Balaban J connectivity index is 1.87. The Morgan fingerprint density at radius 1 is 1.00 bits per heavy atom. The molecule has 1 aliphatic rings. The van der Waals surface area contributed by atoms with Crippen molar-refractivity contribution in [1.82, 2.24) is 5.32 Å². The van der Waals surface area contributed by atoms with Crippen molar-refractivity contribution in [3.05, 3.63) is 70.8 Å². The highest BCUT2D eigenvalue weighted by molar-refractivity contribution is 5.87. The van der Waals surface area contributed by atoms with Gasteiger partial charge >= 0.3 is 12.4 Å². The van der Waals surface area contributed by atoms with E-state index in [4.69, 9.17) is 9.57 Å². The zero-order chi connectivity index (χ0) is 24.3. The maximum absolute atomic E-state index is 13.2. The molecular weight excluding hydrogens is 450 g/mol. The largest absolute Gasteiger partial charge is 0.416 e. The lowest BCUT2D eigenvalue weighted by Gasteiger charge is -2.39. The van der Waals surface area contributed by atoms with Crippen molar-refractivity contribution >= 4 is 5.71 Å². The number of halogens is 6. The quantitative estimate of drug-likeness (QED) is 0.408. The molecule has 1 fully saturated rings. The van der Waals surface area contributed by atoms with Crippen LogP contribution in [0.5, 0.6) is 0 Å². The topological polar surface area (TPSA) is 42.9 Å². The number of nitrogens with one attached hydrogen (secondary N) is 1. The molecule has 1 heterocycles. The summed E-state index contributed by atoms with van der Waals surface area (Å²) < 4.78 is 85.2. The van der Waals surface area contributed by atoms with E-state index >= 15 is 0 Å². The molecule has 1 aliphatic heterocycles. The fraction of sp³-hybridized carbons (Fsp3) is 0.435. The zero-order valence-corrected chi connectivity index (χ0v) is 18.1. The monoisotopic (exact) mass is 474 g/mol. The van der Waals surface area contributed by atoms with Crippen LogP contribution in [-0.2, 0) is 27.5 Å². The molecule has 10 heteroatoms. The summed E-state index contributed by atoms with van der Waals surface area (Å²) in [5.41, 5.74) is -1.92. The highest BCUT2D eigenvalue weighted by Gasteiger charge is 2.39. The summed E-state index contributed by atoms with van der Waals surface area (Å²) >= 11 is 0. The second-order valence-corrected chi connectivity index (χ2v) is 7.93. The van der Waals surface area contributed by atoms with Crippen molar-refractivity contribution < 1.29 is 35.9 Å². The van der Waals surface area contributed by atoms with E-state index in [2.05, 4.69) is 10.5 Å². The van der Waals surface area contributed by atoms with Crippen LogP contribution in [0.25, 0.3) is 0 Å². The first-order chi connectivity index (χ1) is 15.4. The molecule has 180 valence electrons. The van der Waals surface area contributed by atoms with Gasteiger partial charge in [-0.15, -0.1) is 0 Å². The van der Waals surface area contributed by atoms with Gasteiger partial charge in [0.25, 0.3) is 0 Å². The van der Waals surface area contributed by atoms with E-state index < -0.39 is 35.1 Å². The smallest absolute Gasteiger partial charge is 0.399 e. The van der Waals surface area contributed by atoms with Gasteiger partial charge in [-0.3, -0.25) is 5.32 Å². The lowest BCUT2D eigenvalue weighted by atomic mass is 9.82. The molecule has 0 spiro atoms. The summed E-state index contributed by atoms with van der Waals surface area (Å²) in [6.07, 6.45) is -9.69. The molecule has 2 aromatic rings. The maximum atomic E-state index is 13.2. The van der Waals surface area contributed by atoms with Gasteiger partial charge in [0, 0.05) is 6.54 Å². The molecule has 0 aromatic heterocycles. The van der Waals surface area contributed by atoms with Crippen LogP contribution in [0.4, 0.5) is 26.3 Å². The maximum Gasteiger partial charge on any atom is 0.416 e. The molecule has 1 saturated heterocycles. The molecule has 0 amide bonds. The molecule has 33 heavy (non-hydrogen) atoms. The van der Waals surface area contributed by atoms with E-state index in [9.17, 15) is 26.3 Å². The number of piperidine rings is 1. The SMILES string of the molecule is CO/N=C1/CC[C@@](CO[C@H](C)c2cc(C(F)(F)F)cc(C(F)(F)F)c2)(c2ccccc2)NC1. The van der Waals surface area contributed by atoms with Crippen molar-refractivity contribution in [2.75, 3.05) is 20.3 Å². The van der Waals surface area contributed by atoms with Gasteiger partial charge in [-0.2, -0.15) is 26.3 Å². The van der Waals surface area contributed by atoms with Gasteiger partial charge < -0.3 is 9.57 Å². The van der Waals surface area contributed by atoms with Crippen LogP contribution in [-0.4, -0.2) is 26.0 Å². The van der Waals surface area contributed by atoms with Crippen LogP contribution in [0.15, 0.2) is 53.7 Å². The molecule has 0 radical (unpaired) electrons. The van der Waals surface area contributed by atoms with Crippen molar-refractivity contribution in [3.63, 3.8) is 0 Å². The molecule has 1 N–H and O–H groups in total. The van der Waals surface area contributed by atoms with Gasteiger partial charge in [-0.25, -0.2) is 0 Å². The third-order valence-electron chi connectivity index (χ3n) is 5.68. The zero-order valence-electron chi connectivity index (χ0n) is 18.1. The molecular formula is C23H24F6N2O2. The fourth-order valence-electron chi connectivity index (χ4n) is 3.80. The van der Waals surface area contributed by atoms with Gasteiger partial charge in [0.2, 0.25) is 0 Å². The van der Waals surface area contributed by atoms with Crippen molar-refractivity contribution in [2.24, 2.45) is 5.16 Å². The Bertz CT molecular complexity index is 931. The Morgan fingerprint density at radius 2 is 1.61 bits per heavy atom. The van der Waals surface area contributed by atoms with E-state index in [1.54, 1.807) is 0 Å². The summed E-state index contributed by atoms with van der Waals surface area (Å²) in [6.45, 7) is 1.88. The van der Waals surface area contributed by atoms with Crippen molar-refractivity contribution in [1.29, 1.82) is 0 Å². The molecule has 2 atom stereocenters. The van der Waals surface area contributed by atoms with Gasteiger partial charge in [0.1, 0.15) is 7.11 Å². The molecule has 3 rings (SSSR count). The van der Waals surface area contributed by atoms with Gasteiger partial charge in [0.15, 0.2) is 0 Å². The van der Waals surface area contributed by atoms with Crippen LogP contribution >= 0.6 is 0 Å².